The highest BCUT2D eigenvalue weighted by molar-refractivity contribution is 6.35. The molecule has 5 nitrogen and oxygen atoms in total. The molecule has 0 radical (unpaired) electrons. The first kappa shape index (κ1) is 23.9. The van der Waals surface area contributed by atoms with Crippen molar-refractivity contribution in [1.29, 1.82) is 5.26 Å². The van der Waals surface area contributed by atoms with Crippen LogP contribution in [0.25, 0.3) is 98.2 Å². The van der Waals surface area contributed by atoms with Crippen molar-refractivity contribution in [2.24, 2.45) is 0 Å². The third-order valence-electron chi connectivity index (χ3n) is 10.0. The minimum Gasteiger partial charge on any atom is -0.308 e. The molecule has 0 aliphatic carbocycles. The Morgan fingerprint density at radius 1 is 0.457 bits per heavy atom. The first-order valence-corrected chi connectivity index (χ1v) is 15.4. The molecule has 0 aliphatic rings. The summed E-state index contributed by atoms with van der Waals surface area (Å²) >= 11 is 0. The van der Waals surface area contributed by atoms with Gasteiger partial charge in [-0.15, -0.1) is 0 Å². The van der Waals surface area contributed by atoms with Crippen molar-refractivity contribution >= 4 is 86.8 Å². The number of pyridine rings is 2. The van der Waals surface area contributed by atoms with E-state index >= 15 is 0 Å². The number of hydrogen-bond acceptors (Lipinski definition) is 3. The Kier molecular flexibility index (Phi) is 4.34. The average Bonchev–Trinajstić information content (AvgIpc) is 3.64. The summed E-state index contributed by atoms with van der Waals surface area (Å²) in [4.78, 5) is 9.37. The van der Waals surface area contributed by atoms with Crippen LogP contribution in [0.2, 0.25) is 0 Å². The minimum absolute atomic E-state index is 0.620. The highest BCUT2D eigenvalue weighted by atomic mass is 15.0. The zero-order valence-corrected chi connectivity index (χ0v) is 24.4. The maximum atomic E-state index is 11.0. The van der Waals surface area contributed by atoms with Crippen molar-refractivity contribution in [3.05, 3.63) is 133 Å². The van der Waals surface area contributed by atoms with Crippen LogP contribution in [0.5, 0.6) is 0 Å². The lowest BCUT2D eigenvalue weighted by atomic mass is 9.96. The van der Waals surface area contributed by atoms with Gasteiger partial charge in [-0.1, -0.05) is 66.7 Å². The third-order valence-corrected chi connectivity index (χ3v) is 10.0. The van der Waals surface area contributed by atoms with Gasteiger partial charge >= 0.3 is 0 Å². The lowest BCUT2D eigenvalue weighted by molar-refractivity contribution is 1.12. The molecule has 0 spiro atoms. The fraction of sp³-hybridized carbons (Fsp3) is 0. The summed E-state index contributed by atoms with van der Waals surface area (Å²) in [5.41, 5.74) is 7.59. The second kappa shape index (κ2) is 8.35. The maximum absolute atomic E-state index is 11.0. The van der Waals surface area contributed by atoms with Crippen LogP contribution in [-0.4, -0.2) is 19.1 Å². The van der Waals surface area contributed by atoms with E-state index in [0.29, 0.717) is 5.56 Å². The number of aromatic nitrogens is 4. The van der Waals surface area contributed by atoms with Gasteiger partial charge in [0.05, 0.1) is 39.0 Å². The van der Waals surface area contributed by atoms with E-state index in [1.807, 2.05) is 18.6 Å². The molecule has 0 amide bonds. The molecule has 11 aromatic rings. The summed E-state index contributed by atoms with van der Waals surface area (Å²) in [6, 6.07) is 41.0. The van der Waals surface area contributed by atoms with Crippen molar-refractivity contribution in [2.45, 2.75) is 0 Å². The van der Waals surface area contributed by atoms with Crippen LogP contribution in [0, 0.1) is 11.3 Å². The molecule has 7 aromatic carbocycles. The number of nitrogens with zero attached hydrogens (tertiary/aromatic N) is 5. The Labute approximate surface area is 261 Å². The van der Waals surface area contributed by atoms with Crippen LogP contribution >= 0.6 is 0 Å². The molecule has 0 aliphatic heterocycles. The Morgan fingerprint density at radius 3 is 1.63 bits per heavy atom. The predicted octanol–water partition coefficient (Wildman–Crippen LogP) is 10.0. The quantitative estimate of drug-likeness (QED) is 0.190. The van der Waals surface area contributed by atoms with Crippen molar-refractivity contribution in [1.82, 2.24) is 19.1 Å². The molecular weight excluding hydrogens is 562 g/mol. The van der Waals surface area contributed by atoms with Crippen molar-refractivity contribution < 1.29 is 0 Å². The van der Waals surface area contributed by atoms with Crippen LogP contribution in [0.1, 0.15) is 5.56 Å². The molecule has 46 heavy (non-hydrogen) atoms. The van der Waals surface area contributed by atoms with Crippen LogP contribution in [-0.2, 0) is 0 Å². The van der Waals surface area contributed by atoms with Gasteiger partial charge in [0.2, 0.25) is 0 Å². The van der Waals surface area contributed by atoms with Gasteiger partial charge in [-0.25, -0.2) is 0 Å². The normalized spacial score (nSPS) is 12.3. The van der Waals surface area contributed by atoms with Crippen molar-refractivity contribution in [3.8, 4) is 17.4 Å². The summed E-state index contributed by atoms with van der Waals surface area (Å²) in [5, 5.41) is 23.9. The standard InChI is InChI=1S/C41H21N5/c42-21-29-31(45-33-14-4-10-26-24-17-19-43-22-30(24)27-11-5-15-34(45)38(27)37(26)33)12-6-13-32(29)46-35-16-3-9-25-23-7-1-2-8-28(23)41-40(39(25)35)36(46)18-20-44-41/h1-20,22H. The smallest absolute Gasteiger partial charge is 0.104 e. The second-order valence-electron chi connectivity index (χ2n) is 12.1. The molecule has 0 bridgehead atoms. The molecule has 0 saturated heterocycles. The molecule has 4 heterocycles. The number of fused-ring (bicyclic) bond motifs is 6. The van der Waals surface area contributed by atoms with Gasteiger partial charge in [0, 0.05) is 50.9 Å². The number of hydrogen-bond donors (Lipinski definition) is 0. The Bertz CT molecular complexity index is 2720. The van der Waals surface area contributed by atoms with E-state index in [0.717, 1.165) is 55.1 Å². The Hall–Kier alpha value is -6.51. The van der Waals surface area contributed by atoms with Crippen molar-refractivity contribution in [3.63, 3.8) is 0 Å². The van der Waals surface area contributed by atoms with Gasteiger partial charge < -0.3 is 9.13 Å². The highest BCUT2D eigenvalue weighted by Crippen LogP contribution is 2.46. The monoisotopic (exact) mass is 583 g/mol. The molecule has 4 aromatic heterocycles. The SMILES string of the molecule is N#Cc1c(-n2c3cccc4c5ccncc5c5cccc2c5c43)cccc1-n1c2cccc3c4ccccc4c4nccc1c4c32. The first-order valence-electron chi connectivity index (χ1n) is 15.4. The van der Waals surface area contributed by atoms with E-state index in [1.165, 1.54) is 43.1 Å². The maximum Gasteiger partial charge on any atom is 0.104 e. The van der Waals surface area contributed by atoms with Gasteiger partial charge in [0.15, 0.2) is 0 Å². The van der Waals surface area contributed by atoms with E-state index in [2.05, 4.69) is 129 Å². The molecule has 0 unspecified atom stereocenters. The van der Waals surface area contributed by atoms with Gasteiger partial charge in [0.1, 0.15) is 11.6 Å². The Morgan fingerprint density at radius 2 is 0.978 bits per heavy atom. The predicted molar refractivity (Wildman–Crippen MR) is 188 cm³/mol. The molecule has 5 heteroatoms. The van der Waals surface area contributed by atoms with Gasteiger partial charge in [-0.2, -0.15) is 5.26 Å². The zero-order valence-electron chi connectivity index (χ0n) is 24.4. The number of rotatable bonds is 2. The third kappa shape index (κ3) is 2.72. The topological polar surface area (TPSA) is 59.4 Å². The molecular formula is C41H21N5. The van der Waals surface area contributed by atoms with Crippen LogP contribution in [0.3, 0.4) is 0 Å². The fourth-order valence-electron chi connectivity index (χ4n) is 8.29. The number of benzene rings is 7. The zero-order chi connectivity index (χ0) is 30.1. The molecule has 0 N–H and O–H groups in total. The average molecular weight is 584 g/mol. The van der Waals surface area contributed by atoms with E-state index in [4.69, 9.17) is 4.98 Å². The largest absolute Gasteiger partial charge is 0.308 e. The molecule has 210 valence electrons. The van der Waals surface area contributed by atoms with Crippen LogP contribution < -0.4 is 0 Å². The van der Waals surface area contributed by atoms with E-state index in [9.17, 15) is 5.26 Å². The van der Waals surface area contributed by atoms with E-state index < -0.39 is 0 Å². The minimum atomic E-state index is 0.620. The van der Waals surface area contributed by atoms with Crippen LogP contribution in [0.15, 0.2) is 128 Å². The summed E-state index contributed by atoms with van der Waals surface area (Å²) in [5.74, 6) is 0. The summed E-state index contributed by atoms with van der Waals surface area (Å²) in [6.07, 6.45) is 5.72. The van der Waals surface area contributed by atoms with E-state index in [-0.39, 0.29) is 0 Å². The van der Waals surface area contributed by atoms with Gasteiger partial charge in [-0.05, 0) is 69.4 Å². The molecule has 0 atom stereocenters. The van der Waals surface area contributed by atoms with E-state index in [1.54, 1.807) is 0 Å². The lowest BCUT2D eigenvalue weighted by Crippen LogP contribution is -2.03. The summed E-state index contributed by atoms with van der Waals surface area (Å²) in [7, 11) is 0. The van der Waals surface area contributed by atoms with Gasteiger partial charge in [0.25, 0.3) is 0 Å². The van der Waals surface area contributed by atoms with Crippen molar-refractivity contribution in [2.75, 3.05) is 0 Å². The first-order chi connectivity index (χ1) is 22.8. The highest BCUT2D eigenvalue weighted by Gasteiger charge is 2.25. The second-order valence-corrected chi connectivity index (χ2v) is 12.1. The lowest BCUT2D eigenvalue weighted by Gasteiger charge is -2.15. The van der Waals surface area contributed by atoms with Crippen LogP contribution in [0.4, 0.5) is 0 Å². The molecule has 0 fully saturated rings. The molecule has 0 saturated carbocycles. The number of nitriles is 1. The van der Waals surface area contributed by atoms with Gasteiger partial charge in [-0.3, -0.25) is 9.97 Å². The summed E-state index contributed by atoms with van der Waals surface area (Å²) in [6.45, 7) is 0. The fourth-order valence-corrected chi connectivity index (χ4v) is 8.29. The Balaban J connectivity index is 1.30. The molecule has 11 rings (SSSR count). The summed E-state index contributed by atoms with van der Waals surface area (Å²) < 4.78 is 4.54.